The van der Waals surface area contributed by atoms with E-state index >= 15 is 0 Å². The number of halogens is 1. The van der Waals surface area contributed by atoms with Crippen molar-refractivity contribution in [2.75, 3.05) is 27.4 Å². The van der Waals surface area contributed by atoms with Crippen LogP contribution in [0.4, 0.5) is 4.39 Å². The first-order valence-corrected chi connectivity index (χ1v) is 11.4. The molecular weight excluding hydrogens is 425 g/mol. The first-order chi connectivity index (χ1) is 14.8. The Morgan fingerprint density at radius 1 is 1.10 bits per heavy atom. The van der Waals surface area contributed by atoms with Gasteiger partial charge in [0.15, 0.2) is 11.5 Å². The van der Waals surface area contributed by atoms with Crippen LogP contribution in [0.3, 0.4) is 0 Å². The van der Waals surface area contributed by atoms with Gasteiger partial charge in [-0.1, -0.05) is 12.5 Å². The van der Waals surface area contributed by atoms with Crippen molar-refractivity contribution in [3.8, 4) is 11.5 Å². The van der Waals surface area contributed by atoms with Crippen molar-refractivity contribution in [2.24, 2.45) is 5.92 Å². The molecule has 0 bridgehead atoms. The molecule has 0 saturated heterocycles. The topological polar surface area (TPSA) is 82.1 Å². The number of amides is 1. The van der Waals surface area contributed by atoms with Crippen molar-refractivity contribution >= 4 is 16.0 Å². The second-order valence-corrected chi connectivity index (χ2v) is 8.90. The molecule has 0 N–H and O–H groups in total. The highest BCUT2D eigenvalue weighted by molar-refractivity contribution is 7.87. The van der Waals surface area contributed by atoms with Gasteiger partial charge in [-0.15, -0.1) is 0 Å². The fourth-order valence-electron chi connectivity index (χ4n) is 3.25. The van der Waals surface area contributed by atoms with E-state index in [4.69, 9.17) is 13.7 Å². The molecule has 7 nitrogen and oxygen atoms in total. The highest BCUT2D eigenvalue weighted by Gasteiger charge is 2.29. The average molecular weight is 452 g/mol. The Labute approximate surface area is 181 Å². The van der Waals surface area contributed by atoms with Crippen LogP contribution in [0.2, 0.25) is 0 Å². The molecule has 0 spiro atoms. The molecule has 2 aromatic carbocycles. The first kappa shape index (κ1) is 23.0. The van der Waals surface area contributed by atoms with E-state index in [0.717, 1.165) is 43.5 Å². The molecule has 1 aliphatic carbocycles. The van der Waals surface area contributed by atoms with Crippen LogP contribution < -0.4 is 8.92 Å². The number of carbonyl (C=O) groups is 1. The van der Waals surface area contributed by atoms with Crippen LogP contribution in [0.1, 0.15) is 24.8 Å². The van der Waals surface area contributed by atoms with Gasteiger partial charge < -0.3 is 18.6 Å². The summed E-state index contributed by atoms with van der Waals surface area (Å²) in [6, 6.07) is 9.23. The second-order valence-electron chi connectivity index (χ2n) is 7.36. The minimum absolute atomic E-state index is 0.00731. The van der Waals surface area contributed by atoms with Gasteiger partial charge in [-0.2, -0.15) is 8.42 Å². The predicted octanol–water partition coefficient (Wildman–Crippen LogP) is 3.38. The lowest BCUT2D eigenvalue weighted by molar-refractivity contribution is -0.139. The highest BCUT2D eigenvalue weighted by Crippen LogP contribution is 2.32. The molecule has 1 fully saturated rings. The van der Waals surface area contributed by atoms with Crippen LogP contribution in [0.15, 0.2) is 47.4 Å². The smallest absolute Gasteiger partial charge is 0.339 e. The third kappa shape index (κ3) is 5.74. The number of benzene rings is 2. The Bertz CT molecular complexity index is 1010. The van der Waals surface area contributed by atoms with E-state index in [-0.39, 0.29) is 34.8 Å². The van der Waals surface area contributed by atoms with Crippen molar-refractivity contribution in [3.05, 3.63) is 53.8 Å². The van der Waals surface area contributed by atoms with Crippen LogP contribution in [0.25, 0.3) is 0 Å². The van der Waals surface area contributed by atoms with Gasteiger partial charge in [-0.25, -0.2) is 4.39 Å². The lowest BCUT2D eigenvalue weighted by atomic mass is 9.84. The fourth-order valence-corrected chi connectivity index (χ4v) is 4.19. The molecule has 168 valence electrons. The minimum atomic E-state index is -4.19. The number of carbonyl (C=O) groups excluding carboxylic acids is 1. The van der Waals surface area contributed by atoms with Crippen LogP contribution in [0.5, 0.6) is 11.5 Å². The molecule has 0 aromatic heterocycles. The van der Waals surface area contributed by atoms with Gasteiger partial charge >= 0.3 is 10.1 Å². The van der Waals surface area contributed by atoms with Gasteiger partial charge in [0.2, 0.25) is 5.91 Å². The molecule has 3 rings (SSSR count). The molecule has 1 aliphatic rings. The number of nitrogens with zero attached hydrogens (tertiary/aromatic N) is 1. The maximum Gasteiger partial charge on any atom is 0.339 e. The van der Waals surface area contributed by atoms with E-state index in [9.17, 15) is 17.6 Å². The monoisotopic (exact) mass is 451 g/mol. The zero-order chi connectivity index (χ0) is 22.4. The van der Waals surface area contributed by atoms with Crippen LogP contribution in [-0.4, -0.2) is 46.6 Å². The summed E-state index contributed by atoms with van der Waals surface area (Å²) < 4.78 is 54.0. The molecule has 31 heavy (non-hydrogen) atoms. The maximum atomic E-state index is 13.1. The molecule has 2 aromatic rings. The summed E-state index contributed by atoms with van der Waals surface area (Å²) in [7, 11) is -1.22. The Morgan fingerprint density at radius 3 is 2.39 bits per heavy atom. The number of ether oxygens (including phenoxy) is 2. The summed E-state index contributed by atoms with van der Waals surface area (Å²) in [5.74, 6) is -0.230. The minimum Gasteiger partial charge on any atom is -0.493 e. The van der Waals surface area contributed by atoms with E-state index in [1.165, 1.54) is 13.2 Å². The van der Waals surface area contributed by atoms with Crippen LogP contribution >= 0.6 is 0 Å². The molecule has 1 saturated carbocycles. The van der Waals surface area contributed by atoms with Gasteiger partial charge in [0.1, 0.15) is 10.7 Å². The molecular formula is C22H26FNO6S. The van der Waals surface area contributed by atoms with Gasteiger partial charge in [0.25, 0.3) is 0 Å². The van der Waals surface area contributed by atoms with E-state index in [2.05, 4.69) is 0 Å². The normalized spacial score (nSPS) is 14.0. The zero-order valence-corrected chi connectivity index (χ0v) is 18.4. The second kappa shape index (κ2) is 10.1. The van der Waals surface area contributed by atoms with E-state index in [1.54, 1.807) is 24.1 Å². The molecule has 0 aliphatic heterocycles. The maximum absolute atomic E-state index is 13.1. The number of methoxy groups -OCH3 is 2. The summed E-state index contributed by atoms with van der Waals surface area (Å²) in [6.07, 6.45) is 2.82. The van der Waals surface area contributed by atoms with Gasteiger partial charge in [0, 0.05) is 26.1 Å². The Balaban J connectivity index is 1.83. The molecule has 0 heterocycles. The molecule has 1 amide bonds. The van der Waals surface area contributed by atoms with Crippen molar-refractivity contribution in [1.29, 1.82) is 0 Å². The van der Waals surface area contributed by atoms with Crippen molar-refractivity contribution in [3.63, 3.8) is 0 Å². The van der Waals surface area contributed by atoms with Crippen LogP contribution in [-0.2, 0) is 26.2 Å². The number of hydrogen-bond acceptors (Lipinski definition) is 6. The summed E-state index contributed by atoms with van der Waals surface area (Å²) in [4.78, 5) is 14.3. The van der Waals surface area contributed by atoms with Gasteiger partial charge in [-0.3, -0.25) is 4.79 Å². The predicted molar refractivity (Wildman–Crippen MR) is 112 cm³/mol. The molecule has 0 radical (unpaired) electrons. The summed E-state index contributed by atoms with van der Waals surface area (Å²) >= 11 is 0. The third-order valence-electron chi connectivity index (χ3n) is 5.23. The molecule has 0 atom stereocenters. The Kier molecular flexibility index (Phi) is 7.50. The number of hydrogen-bond donors (Lipinski definition) is 0. The van der Waals surface area contributed by atoms with E-state index < -0.39 is 15.9 Å². The van der Waals surface area contributed by atoms with Crippen LogP contribution in [0, 0.1) is 11.7 Å². The van der Waals surface area contributed by atoms with Crippen molar-refractivity contribution in [2.45, 2.75) is 30.7 Å². The summed E-state index contributed by atoms with van der Waals surface area (Å²) in [5, 5.41) is 0. The summed E-state index contributed by atoms with van der Waals surface area (Å²) in [6.45, 7) is 1.12. The lowest BCUT2D eigenvalue weighted by Gasteiger charge is -2.31. The average Bonchev–Trinajstić information content (AvgIpc) is 2.70. The SMILES string of the molecule is COCCN(Cc1ccc(OC)c(OS(=O)(=O)c2ccc(F)cc2)c1)C(=O)C1CCC1. The molecule has 9 heteroatoms. The van der Waals surface area contributed by atoms with E-state index in [1.807, 2.05) is 0 Å². The highest BCUT2D eigenvalue weighted by atomic mass is 32.2. The standard InChI is InChI=1S/C22H26FNO6S/c1-28-13-12-24(22(25)17-4-3-5-17)15-16-6-11-20(29-2)21(14-16)30-31(26,27)19-9-7-18(23)8-10-19/h6-11,14,17H,3-5,12-13,15H2,1-2H3. The van der Waals surface area contributed by atoms with E-state index in [0.29, 0.717) is 18.7 Å². The first-order valence-electron chi connectivity index (χ1n) is 9.98. The lowest BCUT2D eigenvalue weighted by Crippen LogP contribution is -2.40. The quantitative estimate of drug-likeness (QED) is 0.515. The van der Waals surface area contributed by atoms with Gasteiger partial charge in [0.05, 0.1) is 13.7 Å². The Hall–Kier alpha value is -2.65. The third-order valence-corrected chi connectivity index (χ3v) is 6.48. The van der Waals surface area contributed by atoms with Gasteiger partial charge in [-0.05, 0) is 54.8 Å². The van der Waals surface area contributed by atoms with Crippen molar-refractivity contribution < 1.29 is 31.3 Å². The number of rotatable bonds is 10. The summed E-state index contributed by atoms with van der Waals surface area (Å²) in [5.41, 5.74) is 0.689. The fraction of sp³-hybridized carbons (Fsp3) is 0.409. The van der Waals surface area contributed by atoms with Crippen molar-refractivity contribution in [1.82, 2.24) is 4.90 Å². The Morgan fingerprint density at radius 2 is 1.81 bits per heavy atom. The largest absolute Gasteiger partial charge is 0.493 e. The zero-order valence-electron chi connectivity index (χ0n) is 17.5. The molecule has 0 unspecified atom stereocenters.